The summed E-state index contributed by atoms with van der Waals surface area (Å²) in [6.07, 6.45) is 1.08. The van der Waals surface area contributed by atoms with Crippen LogP contribution in [0.1, 0.15) is 20.3 Å². The minimum atomic E-state index is -0.440. The first-order valence-electron chi connectivity index (χ1n) is 7.97. The van der Waals surface area contributed by atoms with Gasteiger partial charge in [-0.05, 0) is 18.4 Å². The molecule has 1 aliphatic rings. The number of nitro benzene ring substituents is 1. The molecule has 128 valence electrons. The van der Waals surface area contributed by atoms with Crippen molar-refractivity contribution in [1.29, 1.82) is 0 Å². The molecule has 1 heterocycles. The molecule has 1 atom stereocenters. The third-order valence-corrected chi connectivity index (χ3v) is 4.31. The summed E-state index contributed by atoms with van der Waals surface area (Å²) in [6.45, 7) is 8.61. The van der Waals surface area contributed by atoms with E-state index in [2.05, 4.69) is 24.1 Å². The van der Waals surface area contributed by atoms with Gasteiger partial charge in [0.1, 0.15) is 0 Å². The van der Waals surface area contributed by atoms with Crippen molar-refractivity contribution in [2.75, 3.05) is 38.2 Å². The molecule has 1 aliphatic heterocycles. The van der Waals surface area contributed by atoms with E-state index in [0.29, 0.717) is 17.0 Å². The molecule has 1 unspecified atom stereocenters. The van der Waals surface area contributed by atoms with Gasteiger partial charge in [-0.1, -0.05) is 25.4 Å². The highest BCUT2D eigenvalue weighted by Gasteiger charge is 2.22. The summed E-state index contributed by atoms with van der Waals surface area (Å²) >= 11 is 6.15. The summed E-state index contributed by atoms with van der Waals surface area (Å²) in [4.78, 5) is 12.8. The zero-order valence-corrected chi connectivity index (χ0v) is 14.4. The van der Waals surface area contributed by atoms with Crippen molar-refractivity contribution in [2.24, 2.45) is 5.92 Å². The lowest BCUT2D eigenvalue weighted by molar-refractivity contribution is -0.384. The number of anilines is 1. The number of hydrogen-bond acceptors (Lipinski definition) is 5. The molecule has 0 aliphatic carbocycles. The molecule has 2 rings (SSSR count). The van der Waals surface area contributed by atoms with Gasteiger partial charge in [-0.15, -0.1) is 0 Å². The van der Waals surface area contributed by atoms with Crippen molar-refractivity contribution < 1.29 is 9.66 Å². The molecule has 1 aromatic carbocycles. The van der Waals surface area contributed by atoms with Crippen molar-refractivity contribution in [3.05, 3.63) is 33.3 Å². The van der Waals surface area contributed by atoms with Crippen molar-refractivity contribution in [3.63, 3.8) is 0 Å². The van der Waals surface area contributed by atoms with Crippen LogP contribution in [0.4, 0.5) is 11.4 Å². The highest BCUT2D eigenvalue weighted by atomic mass is 35.5. The first kappa shape index (κ1) is 18.0. The van der Waals surface area contributed by atoms with Gasteiger partial charge in [0.25, 0.3) is 5.69 Å². The molecule has 0 saturated carbocycles. The number of hydrogen-bond donors (Lipinski definition) is 1. The summed E-state index contributed by atoms with van der Waals surface area (Å²) in [5.41, 5.74) is 0.742. The van der Waals surface area contributed by atoms with Gasteiger partial charge in [-0.2, -0.15) is 0 Å². The van der Waals surface area contributed by atoms with Gasteiger partial charge in [0, 0.05) is 37.8 Å². The summed E-state index contributed by atoms with van der Waals surface area (Å²) in [5, 5.41) is 14.5. The predicted molar refractivity (Wildman–Crippen MR) is 92.2 cm³/mol. The van der Waals surface area contributed by atoms with Gasteiger partial charge >= 0.3 is 0 Å². The minimum absolute atomic E-state index is 0.00691. The molecule has 0 bridgehead atoms. The van der Waals surface area contributed by atoms with E-state index in [1.54, 1.807) is 6.07 Å². The Morgan fingerprint density at radius 1 is 1.39 bits per heavy atom. The maximum Gasteiger partial charge on any atom is 0.271 e. The van der Waals surface area contributed by atoms with Gasteiger partial charge in [0.05, 0.1) is 28.8 Å². The molecule has 6 nitrogen and oxygen atoms in total. The Bertz CT molecular complexity index is 533. The Hall–Kier alpha value is -1.37. The average molecular weight is 342 g/mol. The maximum absolute atomic E-state index is 10.8. The van der Waals surface area contributed by atoms with Gasteiger partial charge in [-0.25, -0.2) is 0 Å². The highest BCUT2D eigenvalue weighted by Crippen LogP contribution is 2.27. The molecule has 0 radical (unpaired) electrons. The molecular formula is C16H24ClN3O3. The van der Waals surface area contributed by atoms with Crippen LogP contribution in [-0.2, 0) is 4.74 Å². The number of nitro groups is 1. The lowest BCUT2D eigenvalue weighted by atomic mass is 10.0. The van der Waals surface area contributed by atoms with E-state index in [0.717, 1.165) is 45.0 Å². The summed E-state index contributed by atoms with van der Waals surface area (Å²) in [6, 6.07) is 4.92. The Morgan fingerprint density at radius 2 is 2.09 bits per heavy atom. The van der Waals surface area contributed by atoms with E-state index in [-0.39, 0.29) is 5.69 Å². The van der Waals surface area contributed by atoms with Crippen LogP contribution in [0.25, 0.3) is 0 Å². The van der Waals surface area contributed by atoms with Crippen LogP contribution in [-0.4, -0.2) is 48.7 Å². The van der Waals surface area contributed by atoms with Crippen molar-refractivity contribution in [2.45, 2.75) is 26.3 Å². The van der Waals surface area contributed by atoms with Crippen LogP contribution in [0.3, 0.4) is 0 Å². The van der Waals surface area contributed by atoms with Crippen LogP contribution >= 0.6 is 11.6 Å². The maximum atomic E-state index is 10.8. The second kappa shape index (κ2) is 8.47. The number of nitrogens with zero attached hydrogens (tertiary/aromatic N) is 2. The number of halogens is 1. The van der Waals surface area contributed by atoms with Crippen LogP contribution in [0.5, 0.6) is 0 Å². The largest absolute Gasteiger partial charge is 0.382 e. The Labute approximate surface area is 141 Å². The molecule has 1 fully saturated rings. The second-order valence-electron chi connectivity index (χ2n) is 6.23. The fraction of sp³-hybridized carbons (Fsp3) is 0.625. The topological polar surface area (TPSA) is 67.6 Å². The summed E-state index contributed by atoms with van der Waals surface area (Å²) < 4.78 is 5.43. The molecule has 0 aromatic heterocycles. The Balaban J connectivity index is 2.01. The fourth-order valence-electron chi connectivity index (χ4n) is 2.84. The Morgan fingerprint density at radius 3 is 2.65 bits per heavy atom. The minimum Gasteiger partial charge on any atom is -0.382 e. The molecule has 23 heavy (non-hydrogen) atoms. The molecule has 1 N–H and O–H groups in total. The highest BCUT2D eigenvalue weighted by molar-refractivity contribution is 6.33. The van der Waals surface area contributed by atoms with Crippen molar-refractivity contribution in [1.82, 2.24) is 4.90 Å². The van der Waals surface area contributed by atoms with Crippen LogP contribution < -0.4 is 5.32 Å². The average Bonchev–Trinajstić information content (AvgIpc) is 2.52. The van der Waals surface area contributed by atoms with Crippen LogP contribution in [0.2, 0.25) is 5.02 Å². The fourth-order valence-corrected chi connectivity index (χ4v) is 3.08. The van der Waals surface area contributed by atoms with Gasteiger partial charge in [0.15, 0.2) is 0 Å². The smallest absolute Gasteiger partial charge is 0.271 e. The van der Waals surface area contributed by atoms with Crippen LogP contribution in [0.15, 0.2) is 18.2 Å². The summed E-state index contributed by atoms with van der Waals surface area (Å²) in [7, 11) is 0. The molecular weight excluding hydrogens is 318 g/mol. The first-order valence-corrected chi connectivity index (χ1v) is 8.34. The Kier molecular flexibility index (Phi) is 6.62. The third-order valence-electron chi connectivity index (χ3n) is 4.00. The number of morpholine rings is 1. The van der Waals surface area contributed by atoms with Gasteiger partial charge < -0.3 is 10.1 Å². The first-order chi connectivity index (χ1) is 11.0. The van der Waals surface area contributed by atoms with E-state index >= 15 is 0 Å². The number of nitrogens with one attached hydrogen (secondary N) is 1. The van der Waals surface area contributed by atoms with E-state index in [1.165, 1.54) is 12.1 Å². The quantitative estimate of drug-likeness (QED) is 0.608. The number of benzene rings is 1. The SMILES string of the molecule is CC(C)CC(CNc1ccc([N+](=O)[O-])cc1Cl)N1CCOCC1. The number of non-ortho nitro benzene ring substituents is 1. The van der Waals surface area contributed by atoms with E-state index in [4.69, 9.17) is 16.3 Å². The van der Waals surface area contributed by atoms with Crippen molar-refractivity contribution >= 4 is 23.0 Å². The van der Waals surface area contributed by atoms with Gasteiger partial charge in [0.2, 0.25) is 0 Å². The molecule has 7 heteroatoms. The predicted octanol–water partition coefficient (Wildman–Crippen LogP) is 3.41. The lowest BCUT2D eigenvalue weighted by Crippen LogP contribution is -2.47. The van der Waals surface area contributed by atoms with E-state index in [1.807, 2.05) is 0 Å². The molecule has 0 spiro atoms. The van der Waals surface area contributed by atoms with E-state index in [9.17, 15) is 10.1 Å². The monoisotopic (exact) mass is 341 g/mol. The zero-order valence-electron chi connectivity index (χ0n) is 13.6. The van der Waals surface area contributed by atoms with E-state index < -0.39 is 4.92 Å². The number of rotatable bonds is 7. The molecule has 0 amide bonds. The van der Waals surface area contributed by atoms with Crippen molar-refractivity contribution in [3.8, 4) is 0 Å². The second-order valence-corrected chi connectivity index (χ2v) is 6.64. The van der Waals surface area contributed by atoms with Gasteiger partial charge in [-0.3, -0.25) is 15.0 Å². The molecule has 1 aromatic rings. The number of ether oxygens (including phenoxy) is 1. The summed E-state index contributed by atoms with van der Waals surface area (Å²) in [5.74, 6) is 0.594. The standard InChI is InChI=1S/C16H24ClN3O3/c1-12(2)9-14(19-5-7-23-8-6-19)11-18-16-4-3-13(20(21)22)10-15(16)17/h3-4,10,12,14,18H,5-9,11H2,1-2H3. The zero-order chi connectivity index (χ0) is 16.8. The van der Waals surface area contributed by atoms with Crippen LogP contribution in [0, 0.1) is 16.0 Å². The normalized spacial score (nSPS) is 17.2. The third kappa shape index (κ3) is 5.34. The molecule has 1 saturated heterocycles. The lowest BCUT2D eigenvalue weighted by Gasteiger charge is -2.35.